The van der Waals surface area contributed by atoms with Crippen LogP contribution in [0.1, 0.15) is 87.0 Å². The predicted molar refractivity (Wildman–Crippen MR) is 80.8 cm³/mol. The van der Waals surface area contributed by atoms with Gasteiger partial charge in [0.1, 0.15) is 5.78 Å². The van der Waals surface area contributed by atoms with E-state index in [0.717, 1.165) is 12.8 Å². The van der Waals surface area contributed by atoms with E-state index in [1.165, 1.54) is 25.7 Å². The van der Waals surface area contributed by atoms with Crippen LogP contribution in [0.4, 0.5) is 0 Å². The molecule has 0 aliphatic carbocycles. The molecule has 0 fully saturated rings. The molecule has 0 amide bonds. The Morgan fingerprint density at radius 2 is 1.61 bits per heavy atom. The fraction of sp³-hybridized carbons (Fsp3) is 0.941. The lowest BCUT2D eigenvalue weighted by atomic mass is 9.57. The van der Waals surface area contributed by atoms with Crippen molar-refractivity contribution in [1.29, 1.82) is 0 Å². The molecule has 1 heteroatoms. The van der Waals surface area contributed by atoms with Gasteiger partial charge in [0, 0.05) is 6.42 Å². The normalized spacial score (nSPS) is 15.8. The van der Waals surface area contributed by atoms with Gasteiger partial charge in [-0.25, -0.2) is 0 Å². The molecular weight excluding hydrogens is 220 g/mol. The minimum absolute atomic E-state index is 0.329. The Bertz CT molecular complexity index is 252. The van der Waals surface area contributed by atoms with Crippen molar-refractivity contribution in [3.8, 4) is 0 Å². The van der Waals surface area contributed by atoms with Crippen LogP contribution in [-0.2, 0) is 4.79 Å². The first-order chi connectivity index (χ1) is 8.17. The number of carbonyl (C=O) groups excluding carboxylic acids is 1. The van der Waals surface area contributed by atoms with E-state index < -0.39 is 0 Å². The van der Waals surface area contributed by atoms with E-state index in [1.807, 2.05) is 0 Å². The molecule has 18 heavy (non-hydrogen) atoms. The maximum Gasteiger partial charge on any atom is 0.129 e. The summed E-state index contributed by atoms with van der Waals surface area (Å²) in [4.78, 5) is 10.9. The Kier molecular flexibility index (Phi) is 7.17. The van der Waals surface area contributed by atoms with Gasteiger partial charge < -0.3 is 4.79 Å². The average Bonchev–Trinajstić information content (AvgIpc) is 2.27. The zero-order chi connectivity index (χ0) is 14.4. The van der Waals surface area contributed by atoms with Gasteiger partial charge in [-0.3, -0.25) is 0 Å². The van der Waals surface area contributed by atoms with E-state index in [4.69, 9.17) is 0 Å². The van der Waals surface area contributed by atoms with E-state index in [2.05, 4.69) is 41.5 Å². The first kappa shape index (κ1) is 17.7. The molecule has 0 rings (SSSR count). The van der Waals surface area contributed by atoms with Crippen LogP contribution in [0.5, 0.6) is 0 Å². The number of Topliss-reactive ketones (excluding diaryl/α,β-unsaturated/α-hetero) is 1. The predicted octanol–water partition coefficient (Wildman–Crippen LogP) is 5.62. The highest BCUT2D eigenvalue weighted by atomic mass is 16.1. The zero-order valence-electron chi connectivity index (χ0n) is 13.7. The molecular formula is C17H34O. The quantitative estimate of drug-likeness (QED) is 0.488. The van der Waals surface area contributed by atoms with Crippen LogP contribution in [0.25, 0.3) is 0 Å². The molecule has 0 spiro atoms. The maximum absolute atomic E-state index is 10.9. The molecule has 0 heterocycles. The van der Waals surface area contributed by atoms with Gasteiger partial charge in [0.25, 0.3) is 0 Å². The highest BCUT2D eigenvalue weighted by molar-refractivity contribution is 5.75. The van der Waals surface area contributed by atoms with E-state index in [1.54, 1.807) is 6.92 Å². The van der Waals surface area contributed by atoms with Gasteiger partial charge in [-0.1, -0.05) is 60.8 Å². The van der Waals surface area contributed by atoms with Crippen LogP contribution in [0, 0.1) is 16.7 Å². The fourth-order valence-corrected chi connectivity index (χ4v) is 2.86. The summed E-state index contributed by atoms with van der Waals surface area (Å²) < 4.78 is 0. The van der Waals surface area contributed by atoms with Crippen molar-refractivity contribution in [2.45, 2.75) is 87.0 Å². The number of hydrogen-bond acceptors (Lipinski definition) is 1. The molecule has 0 saturated carbocycles. The number of ketones is 1. The molecule has 0 aliphatic heterocycles. The summed E-state index contributed by atoms with van der Waals surface area (Å²) in [6.07, 6.45) is 6.79. The molecule has 1 atom stereocenters. The van der Waals surface area contributed by atoms with Gasteiger partial charge >= 0.3 is 0 Å². The summed E-state index contributed by atoms with van der Waals surface area (Å²) in [5.74, 6) is 1.04. The van der Waals surface area contributed by atoms with Gasteiger partial charge in [0.15, 0.2) is 0 Å². The monoisotopic (exact) mass is 254 g/mol. The number of rotatable bonds is 9. The van der Waals surface area contributed by atoms with E-state index in [-0.39, 0.29) is 0 Å². The molecule has 1 unspecified atom stereocenters. The molecule has 0 aliphatic rings. The van der Waals surface area contributed by atoms with Crippen molar-refractivity contribution in [2.24, 2.45) is 16.7 Å². The minimum Gasteiger partial charge on any atom is -0.300 e. The molecule has 0 radical (unpaired) electrons. The van der Waals surface area contributed by atoms with Crippen molar-refractivity contribution in [2.75, 3.05) is 0 Å². The number of carbonyl (C=O) groups is 1. The average molecular weight is 254 g/mol. The minimum atomic E-state index is 0.329. The van der Waals surface area contributed by atoms with E-state index in [0.29, 0.717) is 22.5 Å². The number of hydrogen-bond donors (Lipinski definition) is 0. The van der Waals surface area contributed by atoms with Gasteiger partial charge in [0.2, 0.25) is 0 Å². The topological polar surface area (TPSA) is 17.1 Å². The first-order valence-corrected chi connectivity index (χ1v) is 7.67. The van der Waals surface area contributed by atoms with Gasteiger partial charge in [0.05, 0.1) is 0 Å². The Balaban J connectivity index is 4.34. The summed E-state index contributed by atoms with van der Waals surface area (Å²) in [5.41, 5.74) is 0.791. The lowest BCUT2D eigenvalue weighted by Gasteiger charge is -2.48. The van der Waals surface area contributed by atoms with Crippen LogP contribution in [-0.4, -0.2) is 5.78 Å². The van der Waals surface area contributed by atoms with Gasteiger partial charge in [-0.05, 0) is 36.5 Å². The molecule has 1 nitrogen and oxygen atoms in total. The SMILES string of the molecule is CCC(C)(C)C(C)(CCCCCC(C)=O)C(C)C. The second-order valence-electron chi connectivity index (χ2n) is 7.07. The van der Waals surface area contributed by atoms with Crippen LogP contribution in [0.2, 0.25) is 0 Å². The number of unbranched alkanes of at least 4 members (excludes halogenated alkanes) is 2. The summed E-state index contributed by atoms with van der Waals surface area (Å²) in [7, 11) is 0. The lowest BCUT2D eigenvalue weighted by Crippen LogP contribution is -2.39. The summed E-state index contributed by atoms with van der Waals surface area (Å²) in [5, 5.41) is 0. The van der Waals surface area contributed by atoms with Gasteiger partial charge in [-0.2, -0.15) is 0 Å². The Morgan fingerprint density at radius 1 is 1.06 bits per heavy atom. The van der Waals surface area contributed by atoms with Crippen molar-refractivity contribution in [3.05, 3.63) is 0 Å². The second kappa shape index (κ2) is 7.31. The smallest absolute Gasteiger partial charge is 0.129 e. The van der Waals surface area contributed by atoms with Crippen molar-refractivity contribution < 1.29 is 4.79 Å². The van der Waals surface area contributed by atoms with E-state index in [9.17, 15) is 4.79 Å². The molecule has 0 bridgehead atoms. The Morgan fingerprint density at radius 3 is 2.00 bits per heavy atom. The Labute approximate surface area is 115 Å². The molecule has 0 aromatic carbocycles. The second-order valence-corrected chi connectivity index (χ2v) is 7.07. The standard InChI is InChI=1S/C17H34O/c1-8-16(5,6)17(7,14(2)3)13-11-9-10-12-15(4)18/h14H,8-13H2,1-7H3. The fourth-order valence-electron chi connectivity index (χ4n) is 2.86. The third kappa shape index (κ3) is 4.74. The van der Waals surface area contributed by atoms with Crippen LogP contribution < -0.4 is 0 Å². The third-order valence-corrected chi connectivity index (χ3v) is 5.43. The third-order valence-electron chi connectivity index (χ3n) is 5.43. The largest absolute Gasteiger partial charge is 0.300 e. The van der Waals surface area contributed by atoms with E-state index >= 15 is 0 Å². The summed E-state index contributed by atoms with van der Waals surface area (Å²) in [6.45, 7) is 16.0. The van der Waals surface area contributed by atoms with Crippen molar-refractivity contribution in [3.63, 3.8) is 0 Å². The zero-order valence-corrected chi connectivity index (χ0v) is 13.7. The Hall–Kier alpha value is -0.330. The highest BCUT2D eigenvalue weighted by Crippen LogP contribution is 2.50. The lowest BCUT2D eigenvalue weighted by molar-refractivity contribution is -0.117. The molecule has 0 N–H and O–H groups in total. The molecule has 108 valence electrons. The van der Waals surface area contributed by atoms with Crippen LogP contribution >= 0.6 is 0 Å². The summed E-state index contributed by atoms with van der Waals surface area (Å²) in [6, 6.07) is 0. The van der Waals surface area contributed by atoms with Crippen molar-refractivity contribution >= 4 is 5.78 Å². The van der Waals surface area contributed by atoms with Crippen LogP contribution in [0.3, 0.4) is 0 Å². The summed E-state index contributed by atoms with van der Waals surface area (Å²) >= 11 is 0. The molecule has 0 aromatic rings. The van der Waals surface area contributed by atoms with Gasteiger partial charge in [-0.15, -0.1) is 0 Å². The maximum atomic E-state index is 10.9. The first-order valence-electron chi connectivity index (χ1n) is 7.67. The van der Waals surface area contributed by atoms with Crippen LogP contribution in [0.15, 0.2) is 0 Å². The van der Waals surface area contributed by atoms with Crippen molar-refractivity contribution in [1.82, 2.24) is 0 Å². The molecule has 0 aromatic heterocycles. The molecule has 0 saturated heterocycles. The highest BCUT2D eigenvalue weighted by Gasteiger charge is 2.41.